The lowest BCUT2D eigenvalue weighted by Gasteiger charge is -2.15. The number of hydrogen-bond acceptors (Lipinski definition) is 5. The number of ether oxygens (including phenoxy) is 2. The number of fused-ring (bicyclic) bond motifs is 1. The number of carbonyl (C=O) groups is 1. The maximum Gasteiger partial charge on any atom is 0.340 e. The minimum absolute atomic E-state index is 0.120. The molecule has 2 heterocycles. The lowest BCUT2D eigenvalue weighted by molar-refractivity contribution is 0.0529. The monoisotopic (exact) mass is 348 g/mol. The average Bonchev–Trinajstić information content (AvgIpc) is 2.68. The Morgan fingerprint density at radius 1 is 1.23 bits per heavy atom. The lowest BCUT2D eigenvalue weighted by Crippen LogP contribution is -2.22. The second-order valence-corrected chi connectivity index (χ2v) is 5.45. The summed E-state index contributed by atoms with van der Waals surface area (Å²) < 4.78 is 11.7. The van der Waals surface area contributed by atoms with Gasteiger partial charge in [-0.05, 0) is 36.8 Å². The van der Waals surface area contributed by atoms with E-state index in [1.54, 1.807) is 49.4 Å². The van der Waals surface area contributed by atoms with Crippen molar-refractivity contribution in [2.45, 2.75) is 6.92 Å². The molecule has 3 aromatic rings. The van der Waals surface area contributed by atoms with Crippen molar-refractivity contribution in [3.05, 3.63) is 70.1 Å². The first-order chi connectivity index (χ1) is 12.6. The molecule has 0 bridgehead atoms. The van der Waals surface area contributed by atoms with E-state index in [4.69, 9.17) is 9.47 Å². The summed E-state index contributed by atoms with van der Waals surface area (Å²) in [6, 6.07) is 13.9. The zero-order valence-electron chi connectivity index (χ0n) is 14.4. The normalized spacial score (nSPS) is 10.3. The molecule has 0 N–H and O–H groups in total. The van der Waals surface area contributed by atoms with Crippen LogP contribution in [0.3, 0.4) is 0 Å². The number of benzene rings is 1. The van der Waals surface area contributed by atoms with E-state index in [0.717, 1.165) is 0 Å². The molecular weight excluding hydrogens is 332 g/mol. The van der Waals surface area contributed by atoms with Crippen LogP contribution in [0.2, 0.25) is 0 Å². The van der Waals surface area contributed by atoms with E-state index in [-0.39, 0.29) is 23.3 Å². The summed E-state index contributed by atoms with van der Waals surface area (Å²) in [4.78, 5) is 25.5. The molecule has 0 atom stereocenters. The van der Waals surface area contributed by atoms with Gasteiger partial charge in [-0.25, -0.2) is 4.79 Å². The highest BCUT2D eigenvalue weighted by Gasteiger charge is 2.25. The number of aromatic nitrogens is 1. The molecule has 1 aromatic carbocycles. The fraction of sp³-hybridized carbons (Fsp3) is 0.150. The first-order valence-corrected chi connectivity index (χ1v) is 8.01. The van der Waals surface area contributed by atoms with E-state index in [1.165, 1.54) is 17.7 Å². The Kier molecular flexibility index (Phi) is 4.72. The minimum Gasteiger partial charge on any atom is -0.497 e. The standard InChI is InChI=1S/C20H16N2O4/c1-3-26-20(24)18-16-9-4-5-10-22(16)19(23)15(12-21)17(18)13-7-6-8-14(11-13)25-2/h4-11H,3H2,1-2H3. The molecule has 0 fully saturated rings. The molecule has 6 heteroatoms. The molecule has 0 radical (unpaired) electrons. The Balaban J connectivity index is 2.50. The summed E-state index contributed by atoms with van der Waals surface area (Å²) in [5.41, 5.74) is 0.733. The predicted octanol–water partition coefficient (Wildman–Crippen LogP) is 3.02. The van der Waals surface area contributed by atoms with Crippen molar-refractivity contribution < 1.29 is 14.3 Å². The fourth-order valence-corrected chi connectivity index (χ4v) is 2.89. The van der Waals surface area contributed by atoms with Crippen LogP contribution in [0, 0.1) is 11.3 Å². The topological polar surface area (TPSA) is 80.8 Å². The van der Waals surface area contributed by atoms with Gasteiger partial charge >= 0.3 is 5.97 Å². The second kappa shape index (κ2) is 7.11. The largest absolute Gasteiger partial charge is 0.497 e. The van der Waals surface area contributed by atoms with Crippen LogP contribution in [-0.4, -0.2) is 24.1 Å². The zero-order chi connectivity index (χ0) is 18.7. The van der Waals surface area contributed by atoms with Gasteiger partial charge in [-0.1, -0.05) is 18.2 Å². The maximum atomic E-state index is 12.8. The van der Waals surface area contributed by atoms with Crippen molar-refractivity contribution in [2.24, 2.45) is 0 Å². The van der Waals surface area contributed by atoms with Gasteiger partial charge in [0.1, 0.15) is 17.4 Å². The first-order valence-electron chi connectivity index (χ1n) is 8.01. The molecule has 0 saturated heterocycles. The molecule has 6 nitrogen and oxygen atoms in total. The summed E-state index contributed by atoms with van der Waals surface area (Å²) >= 11 is 0. The molecule has 0 aliphatic carbocycles. The van der Waals surface area contributed by atoms with Crippen molar-refractivity contribution in [2.75, 3.05) is 13.7 Å². The SMILES string of the molecule is CCOC(=O)c1c(-c2cccc(OC)c2)c(C#N)c(=O)n2ccccc12. The van der Waals surface area contributed by atoms with Crippen LogP contribution < -0.4 is 10.3 Å². The quantitative estimate of drug-likeness (QED) is 0.677. The van der Waals surface area contributed by atoms with Crippen LogP contribution in [0.1, 0.15) is 22.8 Å². The first kappa shape index (κ1) is 17.2. The number of carbonyl (C=O) groups excluding carboxylic acids is 1. The smallest absolute Gasteiger partial charge is 0.340 e. The van der Waals surface area contributed by atoms with Crippen molar-refractivity contribution in [1.82, 2.24) is 4.40 Å². The van der Waals surface area contributed by atoms with E-state index in [0.29, 0.717) is 16.8 Å². The lowest BCUT2D eigenvalue weighted by atomic mass is 9.94. The molecule has 0 saturated carbocycles. The summed E-state index contributed by atoms with van der Waals surface area (Å²) in [5, 5.41) is 9.64. The third kappa shape index (κ3) is 2.80. The van der Waals surface area contributed by atoms with Crippen LogP contribution in [0.25, 0.3) is 16.6 Å². The van der Waals surface area contributed by atoms with Gasteiger partial charge in [0.15, 0.2) is 0 Å². The van der Waals surface area contributed by atoms with Crippen LogP contribution in [0.5, 0.6) is 5.75 Å². The molecule has 0 spiro atoms. The van der Waals surface area contributed by atoms with E-state index >= 15 is 0 Å². The van der Waals surface area contributed by atoms with Gasteiger partial charge in [0.25, 0.3) is 5.56 Å². The highest BCUT2D eigenvalue weighted by atomic mass is 16.5. The number of nitrogens with zero attached hydrogens (tertiary/aromatic N) is 2. The Hall–Kier alpha value is -3.59. The summed E-state index contributed by atoms with van der Waals surface area (Å²) in [6.45, 7) is 1.88. The second-order valence-electron chi connectivity index (χ2n) is 5.45. The molecule has 0 amide bonds. The number of nitriles is 1. The molecule has 0 aliphatic rings. The average molecular weight is 348 g/mol. The maximum absolute atomic E-state index is 12.8. The van der Waals surface area contributed by atoms with E-state index in [9.17, 15) is 14.9 Å². The van der Waals surface area contributed by atoms with Crippen molar-refractivity contribution >= 4 is 11.5 Å². The van der Waals surface area contributed by atoms with Gasteiger partial charge in [0.2, 0.25) is 0 Å². The Labute approximate surface area is 149 Å². The van der Waals surface area contributed by atoms with Crippen molar-refractivity contribution in [1.29, 1.82) is 5.26 Å². The molecule has 130 valence electrons. The van der Waals surface area contributed by atoms with E-state index in [1.807, 2.05) is 6.07 Å². The highest BCUT2D eigenvalue weighted by molar-refractivity contribution is 6.05. The fourth-order valence-electron chi connectivity index (χ4n) is 2.89. The van der Waals surface area contributed by atoms with Crippen LogP contribution in [0.4, 0.5) is 0 Å². The number of rotatable bonds is 4. The summed E-state index contributed by atoms with van der Waals surface area (Å²) in [7, 11) is 1.52. The Bertz CT molecular complexity index is 1090. The highest BCUT2D eigenvalue weighted by Crippen LogP contribution is 2.31. The number of hydrogen-bond donors (Lipinski definition) is 0. The van der Waals surface area contributed by atoms with Gasteiger partial charge in [-0.15, -0.1) is 0 Å². The van der Waals surface area contributed by atoms with Crippen molar-refractivity contribution in [3.8, 4) is 22.9 Å². The van der Waals surface area contributed by atoms with Crippen LogP contribution in [0.15, 0.2) is 53.5 Å². The van der Waals surface area contributed by atoms with Crippen LogP contribution >= 0.6 is 0 Å². The zero-order valence-corrected chi connectivity index (χ0v) is 14.4. The molecule has 2 aromatic heterocycles. The van der Waals surface area contributed by atoms with Gasteiger partial charge in [-0.2, -0.15) is 5.26 Å². The third-order valence-electron chi connectivity index (χ3n) is 4.00. The molecule has 3 rings (SSSR count). The minimum atomic E-state index is -0.592. The molecule has 26 heavy (non-hydrogen) atoms. The third-order valence-corrected chi connectivity index (χ3v) is 4.00. The van der Waals surface area contributed by atoms with E-state index in [2.05, 4.69) is 0 Å². The number of esters is 1. The van der Waals surface area contributed by atoms with Crippen LogP contribution in [-0.2, 0) is 4.74 Å². The molecule has 0 aliphatic heterocycles. The number of methoxy groups -OCH3 is 1. The van der Waals surface area contributed by atoms with Gasteiger partial charge < -0.3 is 9.47 Å². The van der Waals surface area contributed by atoms with Crippen molar-refractivity contribution in [3.63, 3.8) is 0 Å². The predicted molar refractivity (Wildman–Crippen MR) is 96.3 cm³/mol. The Morgan fingerprint density at radius 2 is 2.04 bits per heavy atom. The Morgan fingerprint density at radius 3 is 2.73 bits per heavy atom. The molecule has 0 unspecified atom stereocenters. The summed E-state index contributed by atoms with van der Waals surface area (Å²) in [6.07, 6.45) is 1.52. The van der Waals surface area contributed by atoms with Gasteiger partial charge in [0.05, 0.1) is 24.8 Å². The summed E-state index contributed by atoms with van der Waals surface area (Å²) in [5.74, 6) is -0.0417. The van der Waals surface area contributed by atoms with Gasteiger partial charge in [-0.3, -0.25) is 9.20 Å². The van der Waals surface area contributed by atoms with E-state index < -0.39 is 11.5 Å². The molecular formula is C20H16N2O4. The van der Waals surface area contributed by atoms with Gasteiger partial charge in [0, 0.05) is 11.8 Å². The number of pyridine rings is 2.